The molecule has 2 amide bonds. The van der Waals surface area contributed by atoms with Gasteiger partial charge in [-0.3, -0.25) is 14.2 Å². The Bertz CT molecular complexity index is 940. The minimum atomic E-state index is -0.424. The zero-order valence-corrected chi connectivity index (χ0v) is 16.9. The third-order valence-electron chi connectivity index (χ3n) is 4.25. The normalized spacial score (nSPS) is 11.9. The van der Waals surface area contributed by atoms with E-state index in [0.717, 1.165) is 6.42 Å². The fraction of sp³-hybridized carbons (Fsp3) is 0.300. The third-order valence-corrected chi connectivity index (χ3v) is 5.33. The monoisotopic (exact) mass is 413 g/mol. The summed E-state index contributed by atoms with van der Waals surface area (Å²) in [5, 5.41) is 11.4. The minimum absolute atomic E-state index is 0.0880. The number of nitrogens with zero attached hydrogens (tertiary/aromatic N) is 3. The van der Waals surface area contributed by atoms with Gasteiger partial charge in [0.05, 0.1) is 11.5 Å². The van der Waals surface area contributed by atoms with Crippen LogP contribution in [0.15, 0.2) is 58.3 Å². The van der Waals surface area contributed by atoms with Gasteiger partial charge >= 0.3 is 0 Å². The van der Waals surface area contributed by atoms with Crippen LogP contribution >= 0.6 is 11.8 Å². The topological polar surface area (TPSA) is 116 Å². The summed E-state index contributed by atoms with van der Waals surface area (Å²) in [6, 6.07) is 13.5. The lowest BCUT2D eigenvalue weighted by atomic mass is 10.1. The molecule has 0 aliphatic heterocycles. The molecule has 1 unspecified atom stereocenters. The SMILES string of the molecule is CC(Sc1nnc(-c2ccco2)n1CCC(N)=O)C(=O)NCCc1ccccc1. The Hall–Kier alpha value is -3.07. The highest BCUT2D eigenvalue weighted by Crippen LogP contribution is 2.27. The van der Waals surface area contributed by atoms with Crippen molar-refractivity contribution in [3.05, 3.63) is 54.3 Å². The first-order chi connectivity index (χ1) is 14.0. The average Bonchev–Trinajstić information content (AvgIpc) is 3.36. The summed E-state index contributed by atoms with van der Waals surface area (Å²) in [7, 11) is 0. The van der Waals surface area contributed by atoms with Crippen LogP contribution in [-0.2, 0) is 22.6 Å². The number of nitrogens with one attached hydrogen (secondary N) is 1. The Kier molecular flexibility index (Phi) is 7.07. The van der Waals surface area contributed by atoms with Crippen molar-refractivity contribution in [1.82, 2.24) is 20.1 Å². The van der Waals surface area contributed by atoms with Gasteiger partial charge in [-0.1, -0.05) is 42.1 Å². The summed E-state index contributed by atoms with van der Waals surface area (Å²) in [6.07, 6.45) is 2.44. The Morgan fingerprint density at radius 3 is 2.69 bits per heavy atom. The maximum absolute atomic E-state index is 12.5. The van der Waals surface area contributed by atoms with E-state index in [4.69, 9.17) is 10.2 Å². The van der Waals surface area contributed by atoms with Crippen molar-refractivity contribution in [3.8, 4) is 11.6 Å². The molecule has 2 aromatic heterocycles. The number of amides is 2. The smallest absolute Gasteiger partial charge is 0.233 e. The van der Waals surface area contributed by atoms with E-state index in [0.29, 0.717) is 29.8 Å². The summed E-state index contributed by atoms with van der Waals surface area (Å²) in [5.74, 6) is 0.519. The molecule has 3 aromatic rings. The van der Waals surface area contributed by atoms with Crippen LogP contribution in [0.4, 0.5) is 0 Å². The van der Waals surface area contributed by atoms with Crippen molar-refractivity contribution < 1.29 is 14.0 Å². The molecule has 3 rings (SSSR count). The lowest BCUT2D eigenvalue weighted by Gasteiger charge is -2.13. The second-order valence-corrected chi connectivity index (χ2v) is 7.75. The van der Waals surface area contributed by atoms with Crippen LogP contribution < -0.4 is 11.1 Å². The minimum Gasteiger partial charge on any atom is -0.461 e. The molecule has 1 aromatic carbocycles. The second-order valence-electron chi connectivity index (χ2n) is 6.44. The number of thioether (sulfide) groups is 1. The molecule has 0 saturated heterocycles. The fourth-order valence-electron chi connectivity index (χ4n) is 2.72. The number of benzene rings is 1. The summed E-state index contributed by atoms with van der Waals surface area (Å²) >= 11 is 1.28. The second kappa shape index (κ2) is 9.92. The molecule has 152 valence electrons. The quantitative estimate of drug-likeness (QED) is 0.493. The Morgan fingerprint density at radius 2 is 2.00 bits per heavy atom. The van der Waals surface area contributed by atoms with Crippen LogP contribution in [0.5, 0.6) is 0 Å². The van der Waals surface area contributed by atoms with Gasteiger partial charge in [0, 0.05) is 19.5 Å². The maximum Gasteiger partial charge on any atom is 0.233 e. The first kappa shape index (κ1) is 20.7. The number of aromatic nitrogens is 3. The van der Waals surface area contributed by atoms with Gasteiger partial charge in [0.25, 0.3) is 0 Å². The van der Waals surface area contributed by atoms with Gasteiger partial charge in [0.1, 0.15) is 0 Å². The van der Waals surface area contributed by atoms with Gasteiger partial charge in [-0.15, -0.1) is 10.2 Å². The molecule has 0 radical (unpaired) electrons. The number of carbonyl (C=O) groups excluding carboxylic acids is 2. The van der Waals surface area contributed by atoms with Gasteiger partial charge < -0.3 is 15.5 Å². The maximum atomic E-state index is 12.5. The lowest BCUT2D eigenvalue weighted by Crippen LogP contribution is -2.32. The molecule has 1 atom stereocenters. The lowest BCUT2D eigenvalue weighted by molar-refractivity contribution is -0.120. The van der Waals surface area contributed by atoms with Crippen LogP contribution in [-0.4, -0.2) is 38.4 Å². The number of carbonyl (C=O) groups is 2. The molecule has 29 heavy (non-hydrogen) atoms. The van der Waals surface area contributed by atoms with Crippen molar-refractivity contribution >= 4 is 23.6 Å². The van der Waals surface area contributed by atoms with E-state index < -0.39 is 5.91 Å². The van der Waals surface area contributed by atoms with Crippen LogP contribution in [0.25, 0.3) is 11.6 Å². The third kappa shape index (κ3) is 5.71. The number of furan rings is 1. The molecule has 9 heteroatoms. The largest absolute Gasteiger partial charge is 0.461 e. The van der Waals surface area contributed by atoms with Gasteiger partial charge in [0.2, 0.25) is 11.8 Å². The van der Waals surface area contributed by atoms with Gasteiger partial charge in [-0.25, -0.2) is 0 Å². The van der Waals surface area contributed by atoms with E-state index >= 15 is 0 Å². The van der Waals surface area contributed by atoms with Crippen LogP contribution in [0.3, 0.4) is 0 Å². The molecule has 0 spiro atoms. The molecule has 8 nitrogen and oxygen atoms in total. The first-order valence-corrected chi connectivity index (χ1v) is 10.2. The zero-order chi connectivity index (χ0) is 20.6. The van der Waals surface area contributed by atoms with E-state index in [9.17, 15) is 9.59 Å². The molecule has 3 N–H and O–H groups in total. The number of hydrogen-bond acceptors (Lipinski definition) is 6. The molecule has 0 saturated carbocycles. The zero-order valence-electron chi connectivity index (χ0n) is 16.1. The number of primary amides is 1. The van der Waals surface area contributed by atoms with E-state index in [2.05, 4.69) is 15.5 Å². The van der Waals surface area contributed by atoms with Gasteiger partial charge in [-0.2, -0.15) is 0 Å². The molecular formula is C20H23N5O3S. The number of rotatable bonds is 10. The molecule has 2 heterocycles. The number of hydrogen-bond donors (Lipinski definition) is 2. The summed E-state index contributed by atoms with van der Waals surface area (Å²) in [5.41, 5.74) is 6.46. The Morgan fingerprint density at radius 1 is 1.21 bits per heavy atom. The van der Waals surface area contributed by atoms with Gasteiger partial charge in [-0.05, 0) is 31.0 Å². The molecule has 0 aliphatic carbocycles. The average molecular weight is 414 g/mol. The summed E-state index contributed by atoms with van der Waals surface area (Å²) < 4.78 is 7.15. The molecule has 0 aliphatic rings. The van der Waals surface area contributed by atoms with Crippen molar-refractivity contribution in [1.29, 1.82) is 0 Å². The highest BCUT2D eigenvalue weighted by Gasteiger charge is 2.22. The van der Waals surface area contributed by atoms with E-state index in [-0.39, 0.29) is 17.6 Å². The van der Waals surface area contributed by atoms with Crippen molar-refractivity contribution in [2.24, 2.45) is 5.73 Å². The molecule has 0 fully saturated rings. The molecule has 0 bridgehead atoms. The highest BCUT2D eigenvalue weighted by molar-refractivity contribution is 8.00. The fourth-order valence-corrected chi connectivity index (χ4v) is 3.62. The van der Waals surface area contributed by atoms with Crippen LogP contribution in [0.1, 0.15) is 18.9 Å². The van der Waals surface area contributed by atoms with Crippen molar-refractivity contribution in [3.63, 3.8) is 0 Å². The van der Waals surface area contributed by atoms with Crippen LogP contribution in [0.2, 0.25) is 0 Å². The predicted octanol–water partition coefficient (Wildman–Crippen LogP) is 2.25. The van der Waals surface area contributed by atoms with E-state index in [1.165, 1.54) is 23.6 Å². The van der Waals surface area contributed by atoms with E-state index in [1.54, 1.807) is 16.7 Å². The first-order valence-electron chi connectivity index (χ1n) is 9.28. The summed E-state index contributed by atoms with van der Waals surface area (Å²) in [6.45, 7) is 2.67. The van der Waals surface area contributed by atoms with Crippen molar-refractivity contribution in [2.45, 2.75) is 36.7 Å². The van der Waals surface area contributed by atoms with Gasteiger partial charge in [0.15, 0.2) is 16.7 Å². The van der Waals surface area contributed by atoms with Crippen molar-refractivity contribution in [2.75, 3.05) is 6.54 Å². The summed E-state index contributed by atoms with van der Waals surface area (Å²) in [4.78, 5) is 23.7. The number of nitrogens with two attached hydrogens (primary N) is 1. The Balaban J connectivity index is 1.63. The Labute approximate surface area is 172 Å². The highest BCUT2D eigenvalue weighted by atomic mass is 32.2. The van der Waals surface area contributed by atoms with Crippen LogP contribution in [0, 0.1) is 0 Å². The predicted molar refractivity (Wildman–Crippen MR) is 110 cm³/mol. The van der Waals surface area contributed by atoms with E-state index in [1.807, 2.05) is 37.3 Å². The standard InChI is InChI=1S/C20H23N5O3S/c1-14(19(27)22-11-9-15-6-3-2-4-7-15)29-20-24-23-18(16-8-5-13-28-16)25(20)12-10-17(21)26/h2-8,13-14H,9-12H2,1H3,(H2,21,26)(H,22,27). The molecular weight excluding hydrogens is 390 g/mol.